The largest absolute Gasteiger partial charge is 0.308 e. The third-order valence-electron chi connectivity index (χ3n) is 4.42. The van der Waals surface area contributed by atoms with Crippen LogP contribution < -0.4 is 5.32 Å². The van der Waals surface area contributed by atoms with E-state index in [0.29, 0.717) is 0 Å². The topological polar surface area (TPSA) is 12.0 Å². The molecule has 1 N–H and O–H groups in total. The highest BCUT2D eigenvalue weighted by Crippen LogP contribution is 2.36. The molecule has 0 unspecified atom stereocenters. The second kappa shape index (κ2) is 7.69. The Labute approximate surface area is 135 Å². The molecule has 1 aliphatic rings. The van der Waals surface area contributed by atoms with Crippen LogP contribution in [0.3, 0.4) is 0 Å². The maximum Gasteiger partial charge on any atom is 0.0210 e. The summed E-state index contributed by atoms with van der Waals surface area (Å²) in [6, 6.07) is 9.16. The van der Waals surface area contributed by atoms with Crippen LogP contribution in [-0.2, 0) is 6.54 Å². The minimum atomic E-state index is 0.186. The van der Waals surface area contributed by atoms with Gasteiger partial charge in [0.05, 0.1) is 0 Å². The molecule has 21 heavy (non-hydrogen) atoms. The highest BCUT2D eigenvalue weighted by Gasteiger charge is 2.20. The van der Waals surface area contributed by atoms with Gasteiger partial charge in [-0.2, -0.15) is 0 Å². The maximum atomic E-state index is 3.54. The van der Waals surface area contributed by atoms with Gasteiger partial charge in [-0.3, -0.25) is 0 Å². The van der Waals surface area contributed by atoms with Crippen LogP contribution in [0.1, 0.15) is 65.4 Å². The van der Waals surface area contributed by atoms with E-state index < -0.39 is 0 Å². The third kappa shape index (κ3) is 6.04. The predicted molar refractivity (Wildman–Crippen MR) is 94.9 cm³/mol. The van der Waals surface area contributed by atoms with Crippen molar-refractivity contribution in [3.8, 4) is 0 Å². The first-order chi connectivity index (χ1) is 9.96. The van der Waals surface area contributed by atoms with Gasteiger partial charge >= 0.3 is 0 Å². The molecule has 0 spiro atoms. The zero-order valence-corrected chi connectivity index (χ0v) is 14.9. The first kappa shape index (κ1) is 16.9. The van der Waals surface area contributed by atoms with Crippen LogP contribution in [0.2, 0.25) is 0 Å². The van der Waals surface area contributed by atoms with Crippen molar-refractivity contribution >= 4 is 11.8 Å². The molecule has 0 bridgehead atoms. The summed E-state index contributed by atoms with van der Waals surface area (Å²) in [4.78, 5) is 1.44. The molecule has 0 atom stereocenters. The van der Waals surface area contributed by atoms with Crippen LogP contribution >= 0.6 is 11.8 Å². The molecular weight excluding hydrogens is 274 g/mol. The van der Waals surface area contributed by atoms with E-state index >= 15 is 0 Å². The molecule has 1 saturated carbocycles. The van der Waals surface area contributed by atoms with Crippen molar-refractivity contribution in [2.75, 3.05) is 0 Å². The third-order valence-corrected chi connectivity index (χ3v) is 5.77. The molecule has 1 aliphatic carbocycles. The van der Waals surface area contributed by atoms with E-state index in [-0.39, 0.29) is 5.54 Å². The number of hydrogen-bond donors (Lipinski definition) is 1. The lowest BCUT2D eigenvalue weighted by atomic mass is 9.87. The highest BCUT2D eigenvalue weighted by atomic mass is 32.2. The predicted octanol–water partition coefficient (Wildman–Crippen LogP) is 5.64. The van der Waals surface area contributed by atoms with Crippen LogP contribution in [-0.4, -0.2) is 10.8 Å². The van der Waals surface area contributed by atoms with Crippen LogP contribution in [0.4, 0.5) is 0 Å². The first-order valence-electron chi connectivity index (χ1n) is 8.47. The molecule has 118 valence electrons. The molecule has 1 aromatic carbocycles. The molecule has 0 aliphatic heterocycles. The molecule has 1 fully saturated rings. The van der Waals surface area contributed by atoms with Gasteiger partial charge in [0.2, 0.25) is 0 Å². The summed E-state index contributed by atoms with van der Waals surface area (Å²) in [6.45, 7) is 9.93. The second-order valence-corrected chi connectivity index (χ2v) is 8.79. The van der Waals surface area contributed by atoms with Gasteiger partial charge in [0, 0.05) is 22.2 Å². The SMILES string of the molecule is CCC1CCC(Sc2ccc(CNC(C)(C)C)cc2)CC1. The number of hydrogen-bond acceptors (Lipinski definition) is 2. The minimum Gasteiger partial charge on any atom is -0.308 e. The molecular formula is C19H31NS. The lowest BCUT2D eigenvalue weighted by Crippen LogP contribution is -2.35. The van der Waals surface area contributed by atoms with Crippen molar-refractivity contribution < 1.29 is 0 Å². The number of benzene rings is 1. The molecule has 2 heteroatoms. The Bertz CT molecular complexity index is 410. The Hall–Kier alpha value is -0.470. The van der Waals surface area contributed by atoms with Crippen molar-refractivity contribution in [1.29, 1.82) is 0 Å². The summed E-state index contributed by atoms with van der Waals surface area (Å²) in [5.74, 6) is 0.993. The molecule has 1 nitrogen and oxygen atoms in total. The van der Waals surface area contributed by atoms with Gasteiger partial charge in [0.15, 0.2) is 0 Å². The molecule has 0 radical (unpaired) electrons. The summed E-state index contributed by atoms with van der Waals surface area (Å²) in [5.41, 5.74) is 1.56. The summed E-state index contributed by atoms with van der Waals surface area (Å²) in [5, 5.41) is 4.38. The van der Waals surface area contributed by atoms with Gasteiger partial charge in [-0.15, -0.1) is 11.8 Å². The monoisotopic (exact) mass is 305 g/mol. The van der Waals surface area contributed by atoms with Crippen LogP contribution in [0, 0.1) is 5.92 Å². The summed E-state index contributed by atoms with van der Waals surface area (Å²) in [6.07, 6.45) is 7.03. The fourth-order valence-corrected chi connectivity index (χ4v) is 4.09. The normalized spacial score (nSPS) is 23.2. The fraction of sp³-hybridized carbons (Fsp3) is 0.684. The van der Waals surface area contributed by atoms with E-state index in [4.69, 9.17) is 0 Å². The smallest absolute Gasteiger partial charge is 0.0210 e. The molecule has 1 aromatic rings. The van der Waals surface area contributed by atoms with Crippen molar-refractivity contribution in [1.82, 2.24) is 5.32 Å². The van der Waals surface area contributed by atoms with E-state index in [1.54, 1.807) is 0 Å². The van der Waals surface area contributed by atoms with Crippen LogP contribution in [0.5, 0.6) is 0 Å². The Morgan fingerprint density at radius 1 is 1.05 bits per heavy atom. The minimum absolute atomic E-state index is 0.186. The van der Waals surface area contributed by atoms with Crippen LogP contribution in [0.25, 0.3) is 0 Å². The average Bonchev–Trinajstić information content (AvgIpc) is 2.46. The van der Waals surface area contributed by atoms with Gasteiger partial charge in [-0.05, 0) is 70.1 Å². The van der Waals surface area contributed by atoms with Crippen LogP contribution in [0.15, 0.2) is 29.2 Å². The fourth-order valence-electron chi connectivity index (χ4n) is 2.90. The standard InChI is InChI=1S/C19H31NS/c1-5-15-6-10-17(11-7-15)21-18-12-8-16(9-13-18)14-20-19(2,3)4/h8-9,12-13,15,17,20H,5-7,10-11,14H2,1-4H3. The summed E-state index contributed by atoms with van der Waals surface area (Å²) < 4.78 is 0. The van der Waals surface area contributed by atoms with E-state index in [2.05, 4.69) is 69.0 Å². The van der Waals surface area contributed by atoms with Gasteiger partial charge in [0.1, 0.15) is 0 Å². The Kier molecular flexibility index (Phi) is 6.19. The van der Waals surface area contributed by atoms with E-state index in [1.165, 1.54) is 42.6 Å². The van der Waals surface area contributed by atoms with Gasteiger partial charge in [-0.1, -0.05) is 25.5 Å². The van der Waals surface area contributed by atoms with Crippen molar-refractivity contribution in [2.45, 2.75) is 82.0 Å². The van der Waals surface area contributed by atoms with Gasteiger partial charge < -0.3 is 5.32 Å². The second-order valence-electron chi connectivity index (χ2n) is 7.42. The number of rotatable bonds is 5. The Morgan fingerprint density at radius 2 is 1.67 bits per heavy atom. The van der Waals surface area contributed by atoms with Gasteiger partial charge in [0.25, 0.3) is 0 Å². The van der Waals surface area contributed by atoms with Crippen molar-refractivity contribution in [3.63, 3.8) is 0 Å². The lowest BCUT2D eigenvalue weighted by Gasteiger charge is -2.27. The zero-order chi connectivity index (χ0) is 15.3. The molecule has 2 rings (SSSR count). The van der Waals surface area contributed by atoms with E-state index in [1.807, 2.05) is 0 Å². The molecule has 0 aromatic heterocycles. The zero-order valence-electron chi connectivity index (χ0n) is 14.1. The Morgan fingerprint density at radius 3 is 2.19 bits per heavy atom. The molecule has 0 heterocycles. The van der Waals surface area contributed by atoms with Crippen molar-refractivity contribution in [3.05, 3.63) is 29.8 Å². The maximum absolute atomic E-state index is 3.54. The Balaban J connectivity index is 1.80. The summed E-state index contributed by atoms with van der Waals surface area (Å²) in [7, 11) is 0. The average molecular weight is 306 g/mol. The number of thioether (sulfide) groups is 1. The van der Waals surface area contributed by atoms with E-state index in [9.17, 15) is 0 Å². The number of nitrogens with one attached hydrogen (secondary N) is 1. The summed E-state index contributed by atoms with van der Waals surface area (Å²) >= 11 is 2.09. The highest BCUT2D eigenvalue weighted by molar-refractivity contribution is 8.00. The van der Waals surface area contributed by atoms with Crippen molar-refractivity contribution in [2.24, 2.45) is 5.92 Å². The first-order valence-corrected chi connectivity index (χ1v) is 9.35. The molecule has 0 saturated heterocycles. The van der Waals surface area contributed by atoms with Gasteiger partial charge in [-0.25, -0.2) is 0 Å². The van der Waals surface area contributed by atoms with E-state index in [0.717, 1.165) is 17.7 Å². The molecule has 0 amide bonds. The quantitative estimate of drug-likeness (QED) is 0.756. The lowest BCUT2D eigenvalue weighted by molar-refractivity contribution is 0.356.